The van der Waals surface area contributed by atoms with E-state index in [2.05, 4.69) is 12.6 Å². The zero-order valence-corrected chi connectivity index (χ0v) is 7.95. The summed E-state index contributed by atoms with van der Waals surface area (Å²) in [6, 6.07) is 0. The lowest BCUT2D eigenvalue weighted by Gasteiger charge is -2.24. The second-order valence-electron chi connectivity index (χ2n) is 2.75. The topological polar surface area (TPSA) is 66.4 Å². The molecule has 0 radical (unpaired) electrons. The van der Waals surface area contributed by atoms with Crippen molar-refractivity contribution in [2.45, 2.75) is 18.6 Å². The Kier molecular flexibility index (Phi) is 3.81. The first-order valence-electron chi connectivity index (χ1n) is 3.37. The van der Waals surface area contributed by atoms with Crippen molar-refractivity contribution < 1.29 is 27.9 Å². The smallest absolute Gasteiger partial charge is 0.471 e. The minimum absolute atomic E-state index is 0.440. The van der Waals surface area contributed by atoms with Crippen LogP contribution in [-0.2, 0) is 9.59 Å². The second kappa shape index (κ2) is 4.07. The Morgan fingerprint density at radius 2 is 1.86 bits per heavy atom. The average molecular weight is 231 g/mol. The summed E-state index contributed by atoms with van der Waals surface area (Å²) >= 11 is 3.55. The Hall–Kier alpha value is -0.920. The zero-order chi connectivity index (χ0) is 11.6. The van der Waals surface area contributed by atoms with Gasteiger partial charge in [0.1, 0.15) is 5.54 Å². The molecule has 0 aromatic heterocycles. The van der Waals surface area contributed by atoms with Crippen LogP contribution in [0.5, 0.6) is 0 Å². The summed E-state index contributed by atoms with van der Waals surface area (Å²) in [6.07, 6.45) is -5.10. The van der Waals surface area contributed by atoms with Crippen LogP contribution in [0.25, 0.3) is 0 Å². The number of carboxylic acids is 1. The fourth-order valence-corrected chi connectivity index (χ4v) is 0.696. The van der Waals surface area contributed by atoms with E-state index in [0.717, 1.165) is 6.92 Å². The maximum Gasteiger partial charge on any atom is 0.471 e. The minimum atomic E-state index is -5.10. The molecule has 4 nitrogen and oxygen atoms in total. The van der Waals surface area contributed by atoms with Gasteiger partial charge in [-0.1, -0.05) is 0 Å². The number of alkyl halides is 3. The number of carboxylic acid groups (broad SMARTS) is 1. The van der Waals surface area contributed by atoms with Crippen molar-refractivity contribution in [1.82, 2.24) is 5.32 Å². The predicted octanol–water partition coefficient (Wildman–Crippen LogP) is 0.438. The van der Waals surface area contributed by atoms with Gasteiger partial charge in [0.05, 0.1) is 0 Å². The van der Waals surface area contributed by atoms with Gasteiger partial charge in [-0.05, 0) is 6.92 Å². The summed E-state index contributed by atoms with van der Waals surface area (Å²) in [4.78, 5) is 20.9. The van der Waals surface area contributed by atoms with Crippen molar-refractivity contribution >= 4 is 24.5 Å². The van der Waals surface area contributed by atoms with Crippen LogP contribution in [0, 0.1) is 0 Å². The SMILES string of the molecule is C[C@@](CS)(NC(=O)C(F)(F)F)C(=O)O. The molecular formula is C6H8F3NO3S. The average Bonchev–Trinajstić information content (AvgIpc) is 2.02. The lowest BCUT2D eigenvalue weighted by molar-refractivity contribution is -0.177. The number of carbonyl (C=O) groups excluding carboxylic acids is 1. The molecule has 82 valence electrons. The molecule has 8 heteroatoms. The molecule has 0 aliphatic carbocycles. The lowest BCUT2D eigenvalue weighted by Crippen LogP contribution is -2.57. The quantitative estimate of drug-likeness (QED) is 0.617. The number of halogens is 3. The van der Waals surface area contributed by atoms with E-state index >= 15 is 0 Å². The number of nitrogens with one attached hydrogen (secondary N) is 1. The first-order valence-corrected chi connectivity index (χ1v) is 4.00. The van der Waals surface area contributed by atoms with Crippen molar-refractivity contribution in [2.24, 2.45) is 0 Å². The molecule has 0 rings (SSSR count). The lowest BCUT2D eigenvalue weighted by atomic mass is 10.1. The van der Waals surface area contributed by atoms with Gasteiger partial charge in [-0.25, -0.2) is 4.79 Å². The largest absolute Gasteiger partial charge is 0.479 e. The van der Waals surface area contributed by atoms with Gasteiger partial charge in [-0.3, -0.25) is 4.79 Å². The first-order chi connectivity index (χ1) is 6.13. The highest BCUT2D eigenvalue weighted by atomic mass is 32.1. The summed E-state index contributed by atoms with van der Waals surface area (Å²) in [5, 5.41) is 9.86. The highest BCUT2D eigenvalue weighted by Gasteiger charge is 2.44. The third kappa shape index (κ3) is 3.09. The summed E-state index contributed by atoms with van der Waals surface area (Å²) < 4.78 is 35.2. The van der Waals surface area contributed by atoms with E-state index < -0.39 is 29.3 Å². The highest BCUT2D eigenvalue weighted by molar-refractivity contribution is 7.80. The molecule has 0 bridgehead atoms. The number of hydrogen-bond acceptors (Lipinski definition) is 3. The van der Waals surface area contributed by atoms with Crippen LogP contribution in [0.1, 0.15) is 6.92 Å². The molecule has 14 heavy (non-hydrogen) atoms. The van der Waals surface area contributed by atoms with Crippen LogP contribution < -0.4 is 5.32 Å². The van der Waals surface area contributed by atoms with Gasteiger partial charge in [0.2, 0.25) is 0 Å². The number of hydrogen-bond donors (Lipinski definition) is 3. The number of rotatable bonds is 3. The van der Waals surface area contributed by atoms with Gasteiger partial charge in [0.15, 0.2) is 0 Å². The van der Waals surface area contributed by atoms with Crippen molar-refractivity contribution in [3.63, 3.8) is 0 Å². The monoisotopic (exact) mass is 231 g/mol. The van der Waals surface area contributed by atoms with E-state index in [1.165, 1.54) is 5.32 Å². The zero-order valence-electron chi connectivity index (χ0n) is 7.05. The fraction of sp³-hybridized carbons (Fsp3) is 0.667. The van der Waals surface area contributed by atoms with E-state index in [1.807, 2.05) is 0 Å². The van der Waals surface area contributed by atoms with Gasteiger partial charge in [0.25, 0.3) is 0 Å². The Morgan fingerprint density at radius 3 is 2.07 bits per heavy atom. The van der Waals surface area contributed by atoms with Crippen molar-refractivity contribution in [1.29, 1.82) is 0 Å². The van der Waals surface area contributed by atoms with E-state index in [0.29, 0.717) is 0 Å². The van der Waals surface area contributed by atoms with E-state index in [9.17, 15) is 22.8 Å². The molecule has 1 amide bonds. The first kappa shape index (κ1) is 13.1. The van der Waals surface area contributed by atoms with Crippen LogP contribution in [0.4, 0.5) is 13.2 Å². The number of thiol groups is 1. The van der Waals surface area contributed by atoms with Gasteiger partial charge in [0, 0.05) is 5.75 Å². The summed E-state index contributed by atoms with van der Waals surface area (Å²) in [5.41, 5.74) is -2.02. The maximum atomic E-state index is 11.7. The molecule has 0 spiro atoms. The maximum absolute atomic E-state index is 11.7. The Morgan fingerprint density at radius 1 is 1.43 bits per heavy atom. The Balaban J connectivity index is 4.65. The normalized spacial score (nSPS) is 15.8. The number of aliphatic carboxylic acids is 1. The summed E-state index contributed by atoms with van der Waals surface area (Å²) in [6.45, 7) is 0.936. The molecule has 1 atom stereocenters. The molecule has 0 saturated carbocycles. The molecule has 0 unspecified atom stereocenters. The van der Waals surface area contributed by atoms with Crippen LogP contribution in [-0.4, -0.2) is 34.5 Å². The second-order valence-corrected chi connectivity index (χ2v) is 3.06. The standard InChI is InChI=1S/C6H8F3NO3S/c1-5(2-14,4(12)13)10-3(11)6(7,8)9/h14H,2H2,1H3,(H,10,11)(H,12,13)/t5-/m0/s1. The van der Waals surface area contributed by atoms with E-state index in [1.54, 1.807) is 0 Å². The van der Waals surface area contributed by atoms with Crippen LogP contribution >= 0.6 is 12.6 Å². The van der Waals surface area contributed by atoms with Crippen LogP contribution in [0.2, 0.25) is 0 Å². The van der Waals surface area contributed by atoms with Crippen molar-refractivity contribution in [3.8, 4) is 0 Å². The van der Waals surface area contributed by atoms with Crippen LogP contribution in [0.15, 0.2) is 0 Å². The Bertz CT molecular complexity index is 255. The minimum Gasteiger partial charge on any atom is -0.479 e. The Labute approximate surface area is 82.9 Å². The molecular weight excluding hydrogens is 223 g/mol. The molecule has 0 fully saturated rings. The summed E-state index contributed by atoms with van der Waals surface area (Å²) in [5.74, 6) is -4.31. The molecule has 0 aliphatic rings. The molecule has 0 saturated heterocycles. The molecule has 0 heterocycles. The fourth-order valence-electron chi connectivity index (χ4n) is 0.482. The van der Waals surface area contributed by atoms with Crippen molar-refractivity contribution in [2.75, 3.05) is 5.75 Å². The molecule has 0 aromatic carbocycles. The molecule has 0 aromatic rings. The molecule has 2 N–H and O–H groups in total. The third-order valence-corrected chi connectivity index (χ3v) is 2.07. The predicted molar refractivity (Wildman–Crippen MR) is 44.1 cm³/mol. The van der Waals surface area contributed by atoms with Crippen molar-refractivity contribution in [3.05, 3.63) is 0 Å². The van der Waals surface area contributed by atoms with Gasteiger partial charge >= 0.3 is 18.1 Å². The highest BCUT2D eigenvalue weighted by Crippen LogP contribution is 2.17. The van der Waals surface area contributed by atoms with Crippen LogP contribution in [0.3, 0.4) is 0 Å². The van der Waals surface area contributed by atoms with Gasteiger partial charge in [-0.2, -0.15) is 25.8 Å². The number of amides is 1. The number of carbonyl (C=O) groups is 2. The summed E-state index contributed by atoms with van der Waals surface area (Å²) in [7, 11) is 0. The van der Waals surface area contributed by atoms with Gasteiger partial charge in [-0.15, -0.1) is 0 Å². The van der Waals surface area contributed by atoms with E-state index in [-0.39, 0.29) is 0 Å². The molecule has 0 aliphatic heterocycles. The van der Waals surface area contributed by atoms with Gasteiger partial charge < -0.3 is 10.4 Å². The van der Waals surface area contributed by atoms with E-state index in [4.69, 9.17) is 5.11 Å². The third-order valence-electron chi connectivity index (χ3n) is 1.44.